The molecule has 16 heavy (non-hydrogen) atoms. The molecule has 1 rings (SSSR count). The Balaban J connectivity index is 0.00000225. The number of rotatable bonds is 3. The Morgan fingerprint density at radius 1 is 1.00 bits per heavy atom. The standard InChI is InChI=1S/C7H8F5NOS.ClH/c8-15(9,10,11,12)7-3-1-6(2-4-7)5-14-13;/h1-4H,5,13H2;1H. The molecule has 1 aromatic carbocycles. The van der Waals surface area contributed by atoms with Gasteiger partial charge >= 0.3 is 10.2 Å². The van der Waals surface area contributed by atoms with Gasteiger partial charge in [0.05, 0.1) is 6.61 Å². The Kier molecular flexibility index (Phi) is 3.59. The molecule has 0 saturated heterocycles. The largest absolute Gasteiger partial charge is 0.310 e. The average Bonchev–Trinajstić information content (AvgIpc) is 2.01. The van der Waals surface area contributed by atoms with Crippen molar-refractivity contribution in [1.82, 2.24) is 0 Å². The predicted molar refractivity (Wildman–Crippen MR) is 54.1 cm³/mol. The maximum absolute atomic E-state index is 12.2. The molecule has 0 aliphatic rings. The molecule has 0 bridgehead atoms. The number of benzene rings is 1. The van der Waals surface area contributed by atoms with E-state index in [-0.39, 0.29) is 24.6 Å². The second-order valence-corrected chi connectivity index (χ2v) is 5.33. The lowest BCUT2D eigenvalue weighted by atomic mass is 10.2. The minimum Gasteiger partial charge on any atom is -0.300 e. The van der Waals surface area contributed by atoms with E-state index in [0.29, 0.717) is 12.1 Å². The van der Waals surface area contributed by atoms with E-state index < -0.39 is 15.1 Å². The van der Waals surface area contributed by atoms with Gasteiger partial charge in [0.15, 0.2) is 0 Å². The summed E-state index contributed by atoms with van der Waals surface area (Å²) in [6, 6.07) is 2.41. The van der Waals surface area contributed by atoms with E-state index in [1.54, 1.807) is 0 Å². The highest BCUT2D eigenvalue weighted by atomic mass is 35.5. The summed E-state index contributed by atoms with van der Waals surface area (Å²) in [7, 11) is -9.55. The van der Waals surface area contributed by atoms with Crippen LogP contribution in [0.4, 0.5) is 19.4 Å². The molecule has 0 aliphatic carbocycles. The van der Waals surface area contributed by atoms with E-state index >= 15 is 0 Å². The van der Waals surface area contributed by atoms with E-state index in [2.05, 4.69) is 10.7 Å². The SMILES string of the molecule is Cl.NOCc1ccc(S(F)(F)(F)(F)F)cc1. The number of hydrogen-bond donors (Lipinski definition) is 1. The van der Waals surface area contributed by atoms with Crippen molar-refractivity contribution < 1.29 is 24.3 Å². The molecule has 0 radical (unpaired) electrons. The van der Waals surface area contributed by atoms with E-state index in [0.717, 1.165) is 12.1 Å². The molecule has 0 aliphatic heterocycles. The highest BCUT2D eigenvalue weighted by molar-refractivity contribution is 8.45. The Hall–Kier alpha value is -0.570. The molecular formula is C7H9ClF5NOS. The zero-order valence-corrected chi connectivity index (χ0v) is 9.34. The Morgan fingerprint density at radius 2 is 1.44 bits per heavy atom. The molecule has 2 N–H and O–H groups in total. The molecule has 96 valence electrons. The minimum atomic E-state index is -9.55. The smallest absolute Gasteiger partial charge is 0.300 e. The van der Waals surface area contributed by atoms with Gasteiger partial charge < -0.3 is 0 Å². The van der Waals surface area contributed by atoms with Crippen LogP contribution in [0.3, 0.4) is 0 Å². The molecule has 0 amide bonds. The van der Waals surface area contributed by atoms with Crippen LogP contribution in [0.5, 0.6) is 0 Å². The normalized spacial score (nSPS) is 15.9. The van der Waals surface area contributed by atoms with Crippen molar-refractivity contribution >= 4 is 22.6 Å². The summed E-state index contributed by atoms with van der Waals surface area (Å²) >= 11 is 0. The van der Waals surface area contributed by atoms with Gasteiger partial charge in [0, 0.05) is 0 Å². The summed E-state index contributed by atoms with van der Waals surface area (Å²) in [4.78, 5) is 2.22. The van der Waals surface area contributed by atoms with Crippen LogP contribution >= 0.6 is 22.6 Å². The van der Waals surface area contributed by atoms with Gasteiger partial charge in [-0.05, 0) is 17.7 Å². The fourth-order valence-corrected chi connectivity index (χ4v) is 1.59. The monoisotopic (exact) mass is 285 g/mol. The van der Waals surface area contributed by atoms with Crippen molar-refractivity contribution in [3.63, 3.8) is 0 Å². The van der Waals surface area contributed by atoms with Gasteiger partial charge in [0.1, 0.15) is 4.90 Å². The molecular weight excluding hydrogens is 277 g/mol. The van der Waals surface area contributed by atoms with Gasteiger partial charge in [-0.25, -0.2) is 5.90 Å². The first-order valence-corrected chi connectivity index (χ1v) is 5.63. The number of nitrogens with two attached hydrogens (primary N) is 1. The zero-order valence-electron chi connectivity index (χ0n) is 7.71. The molecule has 0 aromatic heterocycles. The third kappa shape index (κ3) is 4.12. The average molecular weight is 286 g/mol. The van der Waals surface area contributed by atoms with Crippen LogP contribution in [0.25, 0.3) is 0 Å². The Labute approximate surface area is 94.7 Å². The van der Waals surface area contributed by atoms with Gasteiger partial charge in [0.25, 0.3) is 0 Å². The zero-order chi connectivity index (χ0) is 11.8. The van der Waals surface area contributed by atoms with Crippen LogP contribution < -0.4 is 5.90 Å². The topological polar surface area (TPSA) is 35.2 Å². The van der Waals surface area contributed by atoms with Crippen molar-refractivity contribution in [3.05, 3.63) is 29.8 Å². The molecule has 1 aromatic rings. The van der Waals surface area contributed by atoms with Crippen molar-refractivity contribution in [2.75, 3.05) is 0 Å². The lowest BCUT2D eigenvalue weighted by Crippen LogP contribution is -2.06. The summed E-state index contributed by atoms with van der Waals surface area (Å²) in [6.07, 6.45) is 0. The third-order valence-corrected chi connectivity index (χ3v) is 2.78. The summed E-state index contributed by atoms with van der Waals surface area (Å²) in [6.45, 7) is -0.138. The molecule has 0 heterocycles. The molecule has 0 unspecified atom stereocenters. The van der Waals surface area contributed by atoms with E-state index in [9.17, 15) is 19.4 Å². The second-order valence-electron chi connectivity index (χ2n) is 2.92. The first-order chi connectivity index (χ1) is 6.53. The van der Waals surface area contributed by atoms with E-state index in [4.69, 9.17) is 0 Å². The maximum Gasteiger partial charge on any atom is 0.310 e. The number of hydrogen-bond acceptors (Lipinski definition) is 2. The Bertz CT molecular complexity index is 363. The maximum atomic E-state index is 12.2. The summed E-state index contributed by atoms with van der Waals surface area (Å²) < 4.78 is 61.0. The van der Waals surface area contributed by atoms with Crippen LogP contribution in [0.1, 0.15) is 5.56 Å². The molecule has 0 saturated carbocycles. The van der Waals surface area contributed by atoms with E-state index in [1.165, 1.54) is 0 Å². The van der Waals surface area contributed by atoms with Crippen molar-refractivity contribution in [2.24, 2.45) is 5.90 Å². The van der Waals surface area contributed by atoms with Crippen molar-refractivity contribution in [2.45, 2.75) is 11.5 Å². The molecule has 9 heteroatoms. The molecule has 0 atom stereocenters. The van der Waals surface area contributed by atoms with E-state index in [1.807, 2.05) is 0 Å². The van der Waals surface area contributed by atoms with Crippen LogP contribution in [0.15, 0.2) is 29.2 Å². The summed E-state index contributed by atoms with van der Waals surface area (Å²) in [5.74, 6) is 4.67. The second kappa shape index (κ2) is 3.73. The highest BCUT2D eigenvalue weighted by Gasteiger charge is 2.65. The third-order valence-electron chi connectivity index (χ3n) is 1.62. The molecule has 0 fully saturated rings. The number of halogens is 6. The van der Waals surface area contributed by atoms with Crippen LogP contribution in [-0.2, 0) is 11.4 Å². The lowest BCUT2D eigenvalue weighted by molar-refractivity contribution is 0.124. The predicted octanol–water partition coefficient (Wildman–Crippen LogP) is 4.16. The van der Waals surface area contributed by atoms with Crippen molar-refractivity contribution in [3.8, 4) is 0 Å². The van der Waals surface area contributed by atoms with Gasteiger partial charge in [-0.3, -0.25) is 4.84 Å². The van der Waals surface area contributed by atoms with Gasteiger partial charge in [-0.2, -0.15) is 0 Å². The van der Waals surface area contributed by atoms with Crippen LogP contribution in [-0.4, -0.2) is 0 Å². The first kappa shape index (κ1) is 15.4. The minimum absolute atomic E-state index is 0. The fourth-order valence-electron chi connectivity index (χ4n) is 0.939. The quantitative estimate of drug-likeness (QED) is 0.668. The fraction of sp³-hybridized carbons (Fsp3) is 0.143. The highest BCUT2D eigenvalue weighted by Crippen LogP contribution is 3.02. The summed E-state index contributed by atoms with van der Waals surface area (Å²) in [5.41, 5.74) is 0.281. The van der Waals surface area contributed by atoms with Gasteiger partial charge in [0.2, 0.25) is 0 Å². The first-order valence-electron chi connectivity index (χ1n) is 3.67. The Morgan fingerprint density at radius 3 is 1.75 bits per heavy atom. The van der Waals surface area contributed by atoms with Crippen LogP contribution in [0, 0.1) is 0 Å². The molecule has 2 nitrogen and oxygen atoms in total. The summed E-state index contributed by atoms with van der Waals surface area (Å²) in [5, 5.41) is 0. The van der Waals surface area contributed by atoms with Crippen LogP contribution in [0.2, 0.25) is 0 Å². The van der Waals surface area contributed by atoms with Gasteiger partial charge in [-0.15, -0.1) is 12.4 Å². The lowest BCUT2D eigenvalue weighted by Gasteiger charge is -2.40. The van der Waals surface area contributed by atoms with Crippen molar-refractivity contribution in [1.29, 1.82) is 0 Å². The molecule has 0 spiro atoms. The van der Waals surface area contributed by atoms with Gasteiger partial charge in [-0.1, -0.05) is 31.6 Å².